The lowest BCUT2D eigenvalue weighted by atomic mass is 10.0. The molecule has 0 bridgehead atoms. The number of nitrogens with one attached hydrogen (secondary N) is 1. The predicted molar refractivity (Wildman–Crippen MR) is 210 cm³/mol. The number of ether oxygens (including phenoxy) is 3. The summed E-state index contributed by atoms with van der Waals surface area (Å²) in [6.45, 7) is 7.99. The molecule has 5 aromatic rings. The molecule has 12 nitrogen and oxygen atoms in total. The smallest absolute Gasteiger partial charge is 0.410 e. The number of hydrogen-bond acceptors (Lipinski definition) is 7. The van der Waals surface area contributed by atoms with E-state index < -0.39 is 23.9 Å². The molecule has 1 aliphatic carbocycles. The molecule has 2 aromatic heterocycles. The van der Waals surface area contributed by atoms with Gasteiger partial charge in [-0.2, -0.15) is 0 Å². The van der Waals surface area contributed by atoms with Crippen LogP contribution in [-0.4, -0.2) is 93.1 Å². The minimum atomic E-state index is -1.32. The molecule has 3 fully saturated rings. The van der Waals surface area contributed by atoms with Crippen LogP contribution in [-0.2, 0) is 29.2 Å². The molecular formula is C43H49FN6O6. The molecule has 8 rings (SSSR count). The van der Waals surface area contributed by atoms with Crippen LogP contribution in [0.3, 0.4) is 0 Å². The number of para-hydroxylation sites is 1. The van der Waals surface area contributed by atoms with Crippen molar-refractivity contribution in [3.63, 3.8) is 0 Å². The maximum absolute atomic E-state index is 15.1. The summed E-state index contributed by atoms with van der Waals surface area (Å²) in [7, 11) is 1.57. The van der Waals surface area contributed by atoms with E-state index >= 15 is 4.39 Å². The van der Waals surface area contributed by atoms with Crippen LogP contribution in [0, 0.1) is 11.8 Å². The Morgan fingerprint density at radius 3 is 2.34 bits per heavy atom. The third-order valence-electron chi connectivity index (χ3n) is 10.7. The number of likely N-dealkylation sites (tertiary alicyclic amines) is 2. The Bertz CT molecular complexity index is 2250. The number of methoxy groups -OCH3 is 1. The Morgan fingerprint density at radius 1 is 0.875 bits per heavy atom. The van der Waals surface area contributed by atoms with Crippen molar-refractivity contribution in [1.82, 2.24) is 29.2 Å². The number of carbonyl (C=O) groups excluding carboxylic acids is 3. The van der Waals surface area contributed by atoms with E-state index in [1.54, 1.807) is 44.9 Å². The second kappa shape index (κ2) is 15.2. The second-order valence-corrected chi connectivity index (χ2v) is 16.4. The number of hydrogen-bond donors (Lipinski definition) is 1. The molecule has 294 valence electrons. The molecule has 4 heterocycles. The molecule has 1 N–H and O–H groups in total. The fourth-order valence-electron chi connectivity index (χ4n) is 7.90. The molecule has 1 saturated carbocycles. The van der Waals surface area contributed by atoms with E-state index in [-0.39, 0.29) is 44.0 Å². The summed E-state index contributed by atoms with van der Waals surface area (Å²) in [5.74, 6) is 1.54. The van der Waals surface area contributed by atoms with Crippen molar-refractivity contribution < 1.29 is 33.0 Å². The average Bonchev–Trinajstić information content (AvgIpc) is 3.80. The van der Waals surface area contributed by atoms with Gasteiger partial charge in [-0.15, -0.1) is 0 Å². The van der Waals surface area contributed by atoms with Gasteiger partial charge in [0.15, 0.2) is 5.82 Å². The predicted octanol–water partition coefficient (Wildman–Crippen LogP) is 7.42. The first kappa shape index (κ1) is 37.3. The van der Waals surface area contributed by atoms with Crippen LogP contribution in [0.15, 0.2) is 72.8 Å². The quantitative estimate of drug-likeness (QED) is 0.157. The minimum Gasteiger partial charge on any atom is -0.494 e. The van der Waals surface area contributed by atoms with Gasteiger partial charge in [0.05, 0.1) is 30.9 Å². The molecule has 3 aliphatic rings. The Morgan fingerprint density at radius 2 is 1.61 bits per heavy atom. The van der Waals surface area contributed by atoms with Gasteiger partial charge in [-0.25, -0.2) is 19.0 Å². The summed E-state index contributed by atoms with van der Waals surface area (Å²) in [6, 6.07) is 23.0. The van der Waals surface area contributed by atoms with Crippen molar-refractivity contribution in [3.8, 4) is 17.3 Å². The van der Waals surface area contributed by atoms with Crippen molar-refractivity contribution in [2.75, 3.05) is 33.3 Å². The SMILES string of the molecule is COc1cc(C(=O)N2C[C@H](F)C[C@@H](NC(=O)OC(C)(C)C)C2)cc2nc(-c3cc4ccccc4n3CC3CC3)n(CC3CN(C(=O)OCc4ccccc4)C3)c12. The van der Waals surface area contributed by atoms with Crippen LogP contribution in [0.2, 0.25) is 0 Å². The molecule has 0 unspecified atom stereocenters. The lowest BCUT2D eigenvalue weighted by Gasteiger charge is -2.38. The highest BCUT2D eigenvalue weighted by Crippen LogP contribution is 2.39. The van der Waals surface area contributed by atoms with Gasteiger partial charge in [-0.3, -0.25) is 4.79 Å². The van der Waals surface area contributed by atoms with Gasteiger partial charge < -0.3 is 38.5 Å². The van der Waals surface area contributed by atoms with Crippen LogP contribution in [0.1, 0.15) is 56.0 Å². The number of rotatable bonds is 10. The second-order valence-electron chi connectivity index (χ2n) is 16.4. The zero-order valence-electron chi connectivity index (χ0n) is 32.4. The van der Waals surface area contributed by atoms with Crippen LogP contribution in [0.4, 0.5) is 14.0 Å². The summed E-state index contributed by atoms with van der Waals surface area (Å²) in [5, 5.41) is 3.85. The first-order valence-corrected chi connectivity index (χ1v) is 19.5. The Balaban J connectivity index is 1.10. The van der Waals surface area contributed by atoms with Gasteiger partial charge in [0.1, 0.15) is 29.6 Å². The largest absolute Gasteiger partial charge is 0.494 e. The fraction of sp³-hybridized carbons (Fsp3) is 0.442. The molecule has 13 heteroatoms. The zero-order valence-corrected chi connectivity index (χ0v) is 32.4. The summed E-state index contributed by atoms with van der Waals surface area (Å²) in [4.78, 5) is 48.0. The van der Waals surface area contributed by atoms with Crippen LogP contribution >= 0.6 is 0 Å². The molecule has 56 heavy (non-hydrogen) atoms. The van der Waals surface area contributed by atoms with E-state index in [1.165, 1.54) is 17.7 Å². The molecule has 0 radical (unpaired) electrons. The molecule has 2 aliphatic heterocycles. The van der Waals surface area contributed by atoms with Gasteiger partial charge in [-0.05, 0) is 69.4 Å². The van der Waals surface area contributed by atoms with Crippen molar-refractivity contribution in [2.45, 2.75) is 77.5 Å². The molecule has 3 amide bonds. The first-order chi connectivity index (χ1) is 26.9. The van der Waals surface area contributed by atoms with E-state index in [4.69, 9.17) is 19.2 Å². The fourth-order valence-corrected chi connectivity index (χ4v) is 7.90. The van der Waals surface area contributed by atoms with E-state index in [0.717, 1.165) is 40.0 Å². The van der Waals surface area contributed by atoms with Crippen LogP contribution in [0.25, 0.3) is 33.5 Å². The monoisotopic (exact) mass is 764 g/mol. The summed E-state index contributed by atoms with van der Waals surface area (Å²) in [5.41, 5.74) is 3.94. The van der Waals surface area contributed by atoms with Crippen molar-refractivity contribution in [3.05, 3.63) is 83.9 Å². The summed E-state index contributed by atoms with van der Waals surface area (Å²) in [6.07, 6.45) is 0.132. The highest BCUT2D eigenvalue weighted by molar-refractivity contribution is 6.00. The molecule has 2 atom stereocenters. The molecule has 3 aromatic carbocycles. The lowest BCUT2D eigenvalue weighted by molar-refractivity contribution is 0.0394. The number of imidazole rings is 1. The van der Waals surface area contributed by atoms with Gasteiger partial charge in [0.2, 0.25) is 0 Å². The van der Waals surface area contributed by atoms with Gasteiger partial charge in [0.25, 0.3) is 5.91 Å². The van der Waals surface area contributed by atoms with Crippen molar-refractivity contribution in [1.29, 1.82) is 0 Å². The number of alkyl carbamates (subject to hydrolysis) is 1. The van der Waals surface area contributed by atoms with E-state index in [9.17, 15) is 14.4 Å². The zero-order chi connectivity index (χ0) is 39.1. The van der Waals surface area contributed by atoms with Crippen LogP contribution in [0.5, 0.6) is 5.75 Å². The lowest BCUT2D eigenvalue weighted by Crippen LogP contribution is -2.54. The summed E-state index contributed by atoms with van der Waals surface area (Å²) < 4.78 is 36.6. The average molecular weight is 765 g/mol. The molecule has 0 spiro atoms. The maximum atomic E-state index is 15.1. The number of halogens is 1. The number of alkyl halides is 1. The van der Waals surface area contributed by atoms with Gasteiger partial charge in [0, 0.05) is 61.5 Å². The molecule has 2 saturated heterocycles. The van der Waals surface area contributed by atoms with E-state index in [0.29, 0.717) is 42.4 Å². The highest BCUT2D eigenvalue weighted by Gasteiger charge is 2.36. The third-order valence-corrected chi connectivity index (χ3v) is 10.7. The molecular weight excluding hydrogens is 716 g/mol. The highest BCUT2D eigenvalue weighted by atomic mass is 19.1. The number of amides is 3. The third kappa shape index (κ3) is 8.03. The maximum Gasteiger partial charge on any atom is 0.410 e. The minimum absolute atomic E-state index is 0.0807. The Labute approximate surface area is 325 Å². The summed E-state index contributed by atoms with van der Waals surface area (Å²) >= 11 is 0. The van der Waals surface area contributed by atoms with Gasteiger partial charge in [-0.1, -0.05) is 48.5 Å². The topological polar surface area (TPSA) is 120 Å². The van der Waals surface area contributed by atoms with Crippen molar-refractivity contribution in [2.24, 2.45) is 11.8 Å². The van der Waals surface area contributed by atoms with E-state index in [1.807, 2.05) is 36.4 Å². The number of nitrogens with zero attached hydrogens (tertiary/aromatic N) is 5. The number of piperidine rings is 1. The Hall–Kier alpha value is -5.59. The standard InChI is InChI=1S/C43H49FN6O6/c1-43(2,3)56-41(52)45-33-19-32(44)24-47(25-33)40(51)31-16-34-38(37(18-31)54-4)50(23-29-20-48(21-29)42(53)55-26-28-10-6-5-7-11-28)39(46-34)36-17-30-12-8-9-13-35(30)49(36)22-27-14-15-27/h5-13,16-18,27,29,32-33H,14-15,19-26H2,1-4H3,(H,45,52)/t32-,33-/m1/s1. The Kier molecular flexibility index (Phi) is 10.1. The number of fused-ring (bicyclic) bond motifs is 2. The number of carbonyl (C=O) groups is 3. The number of aromatic nitrogens is 3. The van der Waals surface area contributed by atoms with Gasteiger partial charge >= 0.3 is 12.2 Å². The number of benzene rings is 3. The normalized spacial score (nSPS) is 18.9. The van der Waals surface area contributed by atoms with E-state index in [2.05, 4.69) is 38.7 Å². The van der Waals surface area contributed by atoms with Crippen molar-refractivity contribution >= 4 is 40.0 Å². The first-order valence-electron chi connectivity index (χ1n) is 19.5. The van der Waals surface area contributed by atoms with Crippen LogP contribution < -0.4 is 10.1 Å².